The monoisotopic (exact) mass is 460 g/mol. The van der Waals surface area contributed by atoms with E-state index in [1.54, 1.807) is 0 Å². The predicted molar refractivity (Wildman–Crippen MR) is 134 cm³/mol. The standard InChI is InChI=1S/C27H29ClN4O/c28-24-6-2-1-5-21(24)22-19-23(22)27(33)30-25-7-3-4-8-26(25)32-17-15-31(16-18-32)14-11-20-9-12-29-13-10-20/h1-10,12-13,22-23H,11,14-19H2,(H,30,33). The van der Waals surface area contributed by atoms with Gasteiger partial charge in [0.2, 0.25) is 5.91 Å². The van der Waals surface area contributed by atoms with Gasteiger partial charge in [-0.25, -0.2) is 0 Å². The minimum Gasteiger partial charge on any atom is -0.367 e. The molecule has 2 atom stereocenters. The van der Waals surface area contributed by atoms with E-state index in [4.69, 9.17) is 11.6 Å². The van der Waals surface area contributed by atoms with Gasteiger partial charge in [0.25, 0.3) is 0 Å². The van der Waals surface area contributed by atoms with Gasteiger partial charge >= 0.3 is 0 Å². The Morgan fingerprint density at radius 2 is 1.70 bits per heavy atom. The van der Waals surface area contributed by atoms with Crippen LogP contribution in [0.3, 0.4) is 0 Å². The average Bonchev–Trinajstić information content (AvgIpc) is 3.65. The van der Waals surface area contributed by atoms with Crippen molar-refractivity contribution in [2.75, 3.05) is 42.9 Å². The molecule has 2 fully saturated rings. The molecule has 1 aliphatic carbocycles. The zero-order valence-electron chi connectivity index (χ0n) is 18.7. The van der Waals surface area contributed by atoms with Crippen molar-refractivity contribution in [1.29, 1.82) is 0 Å². The van der Waals surface area contributed by atoms with Crippen molar-refractivity contribution >= 4 is 28.9 Å². The third-order valence-electron chi connectivity index (χ3n) is 6.77. The van der Waals surface area contributed by atoms with Gasteiger partial charge in [-0.05, 0) is 60.2 Å². The van der Waals surface area contributed by atoms with Crippen molar-refractivity contribution in [3.05, 3.63) is 89.2 Å². The van der Waals surface area contributed by atoms with E-state index in [-0.39, 0.29) is 17.7 Å². The second-order valence-electron chi connectivity index (χ2n) is 8.91. The van der Waals surface area contributed by atoms with Crippen LogP contribution in [0.5, 0.6) is 0 Å². The lowest BCUT2D eigenvalue weighted by Gasteiger charge is -2.37. The molecule has 5 rings (SSSR count). The average molecular weight is 461 g/mol. The highest BCUT2D eigenvalue weighted by atomic mass is 35.5. The summed E-state index contributed by atoms with van der Waals surface area (Å²) in [5.74, 6) is 0.293. The minimum atomic E-state index is -0.0111. The number of halogens is 1. The van der Waals surface area contributed by atoms with Crippen molar-refractivity contribution in [2.45, 2.75) is 18.8 Å². The Bertz CT molecular complexity index is 1100. The fourth-order valence-corrected chi connectivity index (χ4v) is 5.01. The number of carbonyl (C=O) groups excluding carboxylic acids is 1. The van der Waals surface area contributed by atoms with Gasteiger partial charge in [0.1, 0.15) is 0 Å². The van der Waals surface area contributed by atoms with E-state index < -0.39 is 0 Å². The van der Waals surface area contributed by atoms with Gasteiger partial charge in [-0.15, -0.1) is 0 Å². The summed E-state index contributed by atoms with van der Waals surface area (Å²) in [5, 5.41) is 3.95. The van der Waals surface area contributed by atoms with E-state index in [9.17, 15) is 4.79 Å². The summed E-state index contributed by atoms with van der Waals surface area (Å²) in [4.78, 5) is 22.0. The Kier molecular flexibility index (Phi) is 6.60. The molecule has 5 nitrogen and oxygen atoms in total. The molecule has 6 heteroatoms. The zero-order chi connectivity index (χ0) is 22.6. The van der Waals surface area contributed by atoms with Crippen LogP contribution in [0.25, 0.3) is 0 Å². The Labute approximate surface area is 200 Å². The topological polar surface area (TPSA) is 48.5 Å². The SMILES string of the molecule is O=C(Nc1ccccc1N1CCN(CCc2ccncc2)CC1)C1CC1c1ccccc1Cl. The van der Waals surface area contributed by atoms with E-state index in [1.807, 2.05) is 54.9 Å². The highest BCUT2D eigenvalue weighted by Crippen LogP contribution is 2.50. The van der Waals surface area contributed by atoms with Gasteiger partial charge in [0, 0.05) is 56.1 Å². The summed E-state index contributed by atoms with van der Waals surface area (Å²) in [6.45, 7) is 5.00. The molecular weight excluding hydrogens is 432 g/mol. The van der Waals surface area contributed by atoms with E-state index >= 15 is 0 Å². The second kappa shape index (κ2) is 9.94. The number of hydrogen-bond acceptors (Lipinski definition) is 4. The summed E-state index contributed by atoms with van der Waals surface area (Å²) >= 11 is 6.34. The number of amides is 1. The van der Waals surface area contributed by atoms with Gasteiger partial charge in [0.05, 0.1) is 11.4 Å². The lowest BCUT2D eigenvalue weighted by atomic mass is 10.1. The molecule has 1 aliphatic heterocycles. The van der Waals surface area contributed by atoms with Crippen molar-refractivity contribution in [1.82, 2.24) is 9.88 Å². The maximum absolute atomic E-state index is 13.0. The van der Waals surface area contributed by atoms with Crippen LogP contribution in [0.15, 0.2) is 73.1 Å². The summed E-state index contributed by atoms with van der Waals surface area (Å²) in [7, 11) is 0. The molecule has 1 saturated heterocycles. The quantitative estimate of drug-likeness (QED) is 0.548. The van der Waals surface area contributed by atoms with Crippen molar-refractivity contribution in [3.8, 4) is 0 Å². The van der Waals surface area contributed by atoms with E-state index in [1.165, 1.54) is 5.56 Å². The number of rotatable bonds is 7. The maximum atomic E-state index is 13.0. The first-order valence-electron chi connectivity index (χ1n) is 11.7. The molecule has 0 spiro atoms. The number of carbonyl (C=O) groups is 1. The molecule has 3 aromatic rings. The summed E-state index contributed by atoms with van der Waals surface area (Å²) in [5.41, 5.74) is 4.42. The van der Waals surface area contributed by atoms with Gasteiger partial charge in [0.15, 0.2) is 0 Å². The first-order chi connectivity index (χ1) is 16.2. The highest BCUT2D eigenvalue weighted by Gasteiger charge is 2.45. The number of anilines is 2. The number of pyridine rings is 1. The summed E-state index contributed by atoms with van der Waals surface area (Å²) in [6, 6.07) is 20.2. The highest BCUT2D eigenvalue weighted by molar-refractivity contribution is 6.31. The van der Waals surface area contributed by atoms with Gasteiger partial charge in [-0.2, -0.15) is 0 Å². The van der Waals surface area contributed by atoms with Crippen molar-refractivity contribution in [2.24, 2.45) is 5.92 Å². The Hall–Kier alpha value is -2.89. The third kappa shape index (κ3) is 5.21. The summed E-state index contributed by atoms with van der Waals surface area (Å²) < 4.78 is 0. The minimum absolute atomic E-state index is 0.0111. The van der Waals surface area contributed by atoms with Crippen LogP contribution >= 0.6 is 11.6 Å². The van der Waals surface area contributed by atoms with Crippen LogP contribution in [0.4, 0.5) is 11.4 Å². The Morgan fingerprint density at radius 1 is 0.970 bits per heavy atom. The number of hydrogen-bond donors (Lipinski definition) is 1. The lowest BCUT2D eigenvalue weighted by molar-refractivity contribution is -0.117. The first kappa shape index (κ1) is 21.9. The van der Waals surface area contributed by atoms with E-state index in [0.717, 1.165) is 67.5 Å². The lowest BCUT2D eigenvalue weighted by Crippen LogP contribution is -2.47. The second-order valence-corrected chi connectivity index (χ2v) is 9.32. The molecule has 1 amide bonds. The molecule has 2 unspecified atom stereocenters. The molecule has 170 valence electrons. The molecule has 2 heterocycles. The maximum Gasteiger partial charge on any atom is 0.228 e. The number of nitrogens with one attached hydrogen (secondary N) is 1. The Morgan fingerprint density at radius 3 is 2.48 bits per heavy atom. The van der Waals surface area contributed by atoms with E-state index in [0.29, 0.717) is 0 Å². The fourth-order valence-electron chi connectivity index (χ4n) is 4.73. The van der Waals surface area contributed by atoms with Crippen LogP contribution in [-0.2, 0) is 11.2 Å². The molecule has 2 aromatic carbocycles. The predicted octanol–water partition coefficient (Wildman–Crippen LogP) is 4.84. The van der Waals surface area contributed by atoms with Gasteiger partial charge in [-0.3, -0.25) is 14.7 Å². The van der Waals surface area contributed by atoms with Crippen LogP contribution in [0, 0.1) is 5.92 Å². The largest absolute Gasteiger partial charge is 0.367 e. The number of nitrogens with zero attached hydrogens (tertiary/aromatic N) is 3. The van der Waals surface area contributed by atoms with Crippen LogP contribution in [-0.4, -0.2) is 48.5 Å². The number of para-hydroxylation sites is 2. The van der Waals surface area contributed by atoms with E-state index in [2.05, 4.69) is 38.3 Å². The first-order valence-corrected chi connectivity index (χ1v) is 12.1. The molecule has 0 radical (unpaired) electrons. The summed E-state index contributed by atoms with van der Waals surface area (Å²) in [6.07, 6.45) is 5.62. The third-order valence-corrected chi connectivity index (χ3v) is 7.12. The number of piperazine rings is 1. The molecule has 1 saturated carbocycles. The molecule has 33 heavy (non-hydrogen) atoms. The van der Waals surface area contributed by atoms with Gasteiger partial charge < -0.3 is 10.2 Å². The molecule has 2 aliphatic rings. The normalized spacial score (nSPS) is 20.5. The van der Waals surface area contributed by atoms with Crippen molar-refractivity contribution < 1.29 is 4.79 Å². The number of aromatic nitrogens is 1. The molecule has 0 bridgehead atoms. The fraction of sp³-hybridized carbons (Fsp3) is 0.333. The molecular formula is C27H29ClN4O. The van der Waals surface area contributed by atoms with Crippen molar-refractivity contribution in [3.63, 3.8) is 0 Å². The molecule has 1 aromatic heterocycles. The smallest absolute Gasteiger partial charge is 0.228 e. The van der Waals surface area contributed by atoms with Crippen LogP contribution in [0.1, 0.15) is 23.5 Å². The van der Waals surface area contributed by atoms with Crippen LogP contribution < -0.4 is 10.2 Å². The Balaban J connectivity index is 1.17. The number of benzene rings is 2. The van der Waals surface area contributed by atoms with Gasteiger partial charge in [-0.1, -0.05) is 41.9 Å². The van der Waals surface area contributed by atoms with Crippen LogP contribution in [0.2, 0.25) is 5.02 Å². The zero-order valence-corrected chi connectivity index (χ0v) is 19.4. The molecule has 1 N–H and O–H groups in total.